The Hall–Kier alpha value is -1.86. The van der Waals surface area contributed by atoms with Crippen LogP contribution in [0.2, 0.25) is 5.02 Å². The molecule has 114 valence electrons. The largest absolute Gasteiger partial charge is 0.383 e. The molecule has 2 aromatic rings. The molecule has 0 saturated heterocycles. The molecular formula is C13H18ClN5O2. The monoisotopic (exact) mass is 311 g/mol. The van der Waals surface area contributed by atoms with E-state index in [9.17, 15) is 4.79 Å². The zero-order valence-electron chi connectivity index (χ0n) is 12.0. The van der Waals surface area contributed by atoms with Crippen LogP contribution >= 0.6 is 11.6 Å². The molecule has 21 heavy (non-hydrogen) atoms. The van der Waals surface area contributed by atoms with Crippen LogP contribution in [0.3, 0.4) is 0 Å². The average Bonchev–Trinajstić information content (AvgIpc) is 3.02. The average molecular weight is 312 g/mol. The van der Waals surface area contributed by atoms with Crippen molar-refractivity contribution in [3.8, 4) is 0 Å². The number of aromatic amines is 1. The van der Waals surface area contributed by atoms with Crippen molar-refractivity contribution >= 4 is 17.3 Å². The molecule has 0 fully saturated rings. The molecule has 1 atom stereocenters. The van der Waals surface area contributed by atoms with Crippen LogP contribution in [0, 0.1) is 0 Å². The number of nitrogens with one attached hydrogen (secondary N) is 2. The summed E-state index contributed by atoms with van der Waals surface area (Å²) in [6.45, 7) is 2.78. The van der Waals surface area contributed by atoms with Crippen molar-refractivity contribution in [2.75, 3.05) is 19.0 Å². The lowest BCUT2D eigenvalue weighted by Gasteiger charge is -2.17. The Bertz CT molecular complexity index is 626. The Morgan fingerprint density at radius 1 is 1.57 bits per heavy atom. The van der Waals surface area contributed by atoms with Crippen molar-refractivity contribution in [3.63, 3.8) is 0 Å². The highest BCUT2D eigenvalue weighted by Crippen LogP contribution is 2.23. The minimum Gasteiger partial charge on any atom is -0.383 e. The lowest BCUT2D eigenvalue weighted by atomic mass is 10.2. The van der Waals surface area contributed by atoms with Crippen LogP contribution in [0.1, 0.15) is 25.2 Å². The van der Waals surface area contributed by atoms with Gasteiger partial charge in [0.15, 0.2) is 0 Å². The van der Waals surface area contributed by atoms with Gasteiger partial charge in [-0.05, 0) is 6.42 Å². The minimum absolute atomic E-state index is 0.0616. The van der Waals surface area contributed by atoms with Crippen molar-refractivity contribution in [1.82, 2.24) is 19.7 Å². The Kier molecular flexibility index (Phi) is 5.35. The van der Waals surface area contributed by atoms with Crippen LogP contribution in [-0.4, -0.2) is 33.5 Å². The first kappa shape index (κ1) is 15.5. The predicted molar refractivity (Wildman–Crippen MR) is 80.6 cm³/mol. The van der Waals surface area contributed by atoms with Crippen LogP contribution in [-0.2, 0) is 11.3 Å². The van der Waals surface area contributed by atoms with E-state index in [1.165, 1.54) is 4.68 Å². The molecule has 0 saturated carbocycles. The van der Waals surface area contributed by atoms with Crippen LogP contribution < -0.4 is 10.9 Å². The molecule has 7 nitrogen and oxygen atoms in total. The second kappa shape index (κ2) is 7.24. The molecule has 0 amide bonds. The van der Waals surface area contributed by atoms with E-state index >= 15 is 0 Å². The fraction of sp³-hybridized carbons (Fsp3) is 0.462. The second-order valence-electron chi connectivity index (χ2n) is 4.47. The smallest absolute Gasteiger partial charge is 0.287 e. The molecule has 0 aromatic carbocycles. The van der Waals surface area contributed by atoms with Gasteiger partial charge in [0, 0.05) is 19.5 Å². The van der Waals surface area contributed by atoms with Gasteiger partial charge in [-0.15, -0.1) is 0 Å². The summed E-state index contributed by atoms with van der Waals surface area (Å²) >= 11 is 6.13. The van der Waals surface area contributed by atoms with Crippen LogP contribution in [0.4, 0.5) is 5.69 Å². The normalized spacial score (nSPS) is 12.3. The minimum atomic E-state index is -0.340. The van der Waals surface area contributed by atoms with E-state index in [2.05, 4.69) is 20.4 Å². The highest BCUT2D eigenvalue weighted by molar-refractivity contribution is 6.32. The SMILES string of the molecule is CCC(Nc1cnn(CCOC)c(=O)c1Cl)c1ncc[nH]1. The molecule has 0 bridgehead atoms. The maximum atomic E-state index is 12.1. The van der Waals surface area contributed by atoms with Crippen molar-refractivity contribution in [1.29, 1.82) is 0 Å². The van der Waals surface area contributed by atoms with Gasteiger partial charge in [-0.2, -0.15) is 5.10 Å². The van der Waals surface area contributed by atoms with E-state index in [-0.39, 0.29) is 16.6 Å². The summed E-state index contributed by atoms with van der Waals surface area (Å²) in [6, 6.07) is -0.0616. The molecule has 2 heterocycles. The van der Waals surface area contributed by atoms with Crippen molar-refractivity contribution in [2.45, 2.75) is 25.9 Å². The molecule has 0 aliphatic rings. The summed E-state index contributed by atoms with van der Waals surface area (Å²) in [4.78, 5) is 19.4. The number of imidazole rings is 1. The molecule has 8 heteroatoms. The molecular weight excluding hydrogens is 294 g/mol. The van der Waals surface area contributed by atoms with Gasteiger partial charge in [0.05, 0.1) is 31.1 Å². The van der Waals surface area contributed by atoms with Crippen LogP contribution in [0.25, 0.3) is 0 Å². The summed E-state index contributed by atoms with van der Waals surface area (Å²) in [5.74, 6) is 0.789. The molecule has 0 aliphatic heterocycles. The van der Waals surface area contributed by atoms with E-state index in [0.717, 1.165) is 12.2 Å². The van der Waals surface area contributed by atoms with E-state index in [4.69, 9.17) is 16.3 Å². The molecule has 0 radical (unpaired) electrons. The van der Waals surface area contributed by atoms with Crippen molar-refractivity contribution < 1.29 is 4.74 Å². The number of ether oxygens (including phenoxy) is 1. The summed E-state index contributed by atoms with van der Waals surface area (Å²) in [6.07, 6.45) is 5.77. The van der Waals surface area contributed by atoms with Crippen molar-refractivity contribution in [2.24, 2.45) is 0 Å². The third-order valence-electron chi connectivity index (χ3n) is 3.08. The van der Waals surface area contributed by atoms with Gasteiger partial charge in [-0.1, -0.05) is 18.5 Å². The van der Waals surface area contributed by atoms with Gasteiger partial charge < -0.3 is 15.0 Å². The van der Waals surface area contributed by atoms with Gasteiger partial charge >= 0.3 is 0 Å². The van der Waals surface area contributed by atoms with Gasteiger partial charge in [0.25, 0.3) is 5.56 Å². The first-order valence-corrected chi connectivity index (χ1v) is 7.05. The van der Waals surface area contributed by atoms with Gasteiger partial charge in [0.2, 0.25) is 0 Å². The quantitative estimate of drug-likeness (QED) is 0.815. The number of H-pyrrole nitrogens is 1. The van der Waals surface area contributed by atoms with Gasteiger partial charge in [-0.25, -0.2) is 9.67 Å². The number of rotatable bonds is 7. The maximum absolute atomic E-state index is 12.1. The fourth-order valence-electron chi connectivity index (χ4n) is 1.92. The molecule has 0 spiro atoms. The number of hydrogen-bond acceptors (Lipinski definition) is 5. The second-order valence-corrected chi connectivity index (χ2v) is 4.85. The number of halogens is 1. The Morgan fingerprint density at radius 2 is 2.38 bits per heavy atom. The number of hydrogen-bond donors (Lipinski definition) is 2. The first-order valence-electron chi connectivity index (χ1n) is 6.67. The standard InChI is InChI=1S/C13H18ClN5O2/c1-3-9(12-15-4-5-16-12)18-10-8-17-19(6-7-21-2)13(20)11(10)14/h4-5,8-9,18H,3,6-7H2,1-2H3,(H,15,16). The Balaban J connectivity index is 2.20. The molecule has 2 rings (SSSR count). The highest BCUT2D eigenvalue weighted by Gasteiger charge is 2.15. The van der Waals surface area contributed by atoms with Crippen molar-refractivity contribution in [3.05, 3.63) is 39.8 Å². The molecule has 2 aromatic heterocycles. The molecule has 1 unspecified atom stereocenters. The first-order chi connectivity index (χ1) is 10.2. The Morgan fingerprint density at radius 3 is 3.00 bits per heavy atom. The lowest BCUT2D eigenvalue weighted by Crippen LogP contribution is -2.26. The van der Waals surface area contributed by atoms with E-state index < -0.39 is 0 Å². The van der Waals surface area contributed by atoms with E-state index in [1.807, 2.05) is 6.92 Å². The van der Waals surface area contributed by atoms with Gasteiger partial charge in [-0.3, -0.25) is 4.79 Å². The summed E-state index contributed by atoms with van der Waals surface area (Å²) in [7, 11) is 1.57. The van der Waals surface area contributed by atoms with Crippen LogP contribution in [0.5, 0.6) is 0 Å². The van der Waals surface area contributed by atoms with Crippen LogP contribution in [0.15, 0.2) is 23.4 Å². The predicted octanol–water partition coefficient (Wildman–Crippen LogP) is 1.83. The van der Waals surface area contributed by atoms with E-state index in [0.29, 0.717) is 18.8 Å². The third kappa shape index (κ3) is 3.62. The number of methoxy groups -OCH3 is 1. The maximum Gasteiger partial charge on any atom is 0.287 e. The zero-order valence-corrected chi connectivity index (χ0v) is 12.7. The highest BCUT2D eigenvalue weighted by atomic mass is 35.5. The van der Waals surface area contributed by atoms with E-state index in [1.54, 1.807) is 25.7 Å². The number of aromatic nitrogens is 4. The fourth-order valence-corrected chi connectivity index (χ4v) is 2.12. The Labute approximate surface area is 127 Å². The summed E-state index contributed by atoms with van der Waals surface area (Å²) in [5.41, 5.74) is 0.159. The molecule has 0 aliphatic carbocycles. The van der Waals surface area contributed by atoms with Gasteiger partial charge in [0.1, 0.15) is 10.8 Å². The topological polar surface area (TPSA) is 84.8 Å². The summed E-state index contributed by atoms with van der Waals surface area (Å²) in [5, 5.41) is 7.40. The zero-order chi connectivity index (χ0) is 15.2. The third-order valence-corrected chi connectivity index (χ3v) is 3.44. The number of nitrogens with zero attached hydrogens (tertiary/aromatic N) is 3. The molecule has 2 N–H and O–H groups in total. The number of anilines is 1. The lowest BCUT2D eigenvalue weighted by molar-refractivity contribution is 0.182. The summed E-state index contributed by atoms with van der Waals surface area (Å²) < 4.78 is 6.21.